The van der Waals surface area contributed by atoms with Gasteiger partial charge >= 0.3 is 29.8 Å². The van der Waals surface area contributed by atoms with Gasteiger partial charge in [0.2, 0.25) is 35.4 Å². The maximum absolute atomic E-state index is 14.0. The zero-order valence-corrected chi connectivity index (χ0v) is 60.4. The Bertz CT molecular complexity index is 4100. The lowest BCUT2D eigenvalue weighted by Gasteiger charge is -2.35. The standard InChI is InChI=1S/C71H88F4N16O20/c72-70(73)33-44(35-76)90(42-70)60(95)37-82-65(103)48-15-19-78-52-7-5-46(31-50(48)52)110-29-3-1-17-80-57(92)12-9-54(67(105)81-18-2-4-30-111-47-6-8-53-51(32-47)49(16-20-79-53)66(104)83-38-61(96)91-43-71(74,75)34-45(91)36-77)84-58(93)13-10-55(68(106)107)85-59(94)14-11-56(69(108)109)89-27-25-87(40-63(99)100)23-21-86(39-62(97)98)22-24-88(26-28-89)41-64(101)102/h5-8,15-16,19-20,31-32,44-45,54-56H,1-4,9-14,17-18,21-30,33-34,37-43H2,(H,80,92)(H,81,105)(H,82,103)(H,83,104)(H,84,93)(H,85,94)(H,97,98)(H,99,100)(H,101,102)(H,106,107)(H,108,109)/t44?,45?,54-,55-,56?/m0/s1. The first-order valence-electron chi connectivity index (χ1n) is 35.7. The van der Waals surface area contributed by atoms with E-state index in [0.717, 1.165) is 4.90 Å². The highest BCUT2D eigenvalue weighted by molar-refractivity contribution is 6.08. The van der Waals surface area contributed by atoms with Crippen LogP contribution in [0.2, 0.25) is 0 Å². The molecule has 4 aromatic rings. The zero-order valence-electron chi connectivity index (χ0n) is 60.4. The molecule has 36 nitrogen and oxygen atoms in total. The van der Waals surface area contributed by atoms with Gasteiger partial charge in [-0.05, 0) is 93.5 Å². The third kappa shape index (κ3) is 27.8. The summed E-state index contributed by atoms with van der Waals surface area (Å²) in [4.78, 5) is 183. The molecule has 7 rings (SSSR count). The van der Waals surface area contributed by atoms with E-state index in [1.54, 1.807) is 42.5 Å². The van der Waals surface area contributed by atoms with E-state index in [4.69, 9.17) is 9.47 Å². The van der Waals surface area contributed by atoms with Gasteiger partial charge in [-0.2, -0.15) is 10.5 Å². The fourth-order valence-electron chi connectivity index (χ4n) is 12.7. The molecule has 0 spiro atoms. The summed E-state index contributed by atoms with van der Waals surface area (Å²) >= 11 is 0. The van der Waals surface area contributed by atoms with E-state index in [9.17, 15) is 116 Å². The minimum Gasteiger partial charge on any atom is -0.494 e. The van der Waals surface area contributed by atoms with Gasteiger partial charge in [0.25, 0.3) is 23.7 Å². The molecule has 600 valence electrons. The van der Waals surface area contributed by atoms with Crippen molar-refractivity contribution in [1.82, 2.24) is 71.3 Å². The number of benzene rings is 2. The van der Waals surface area contributed by atoms with Crippen molar-refractivity contribution in [1.29, 1.82) is 10.5 Å². The van der Waals surface area contributed by atoms with Crippen LogP contribution >= 0.6 is 0 Å². The molecule has 111 heavy (non-hydrogen) atoms. The molecular formula is C71H88F4N16O20. The normalized spacial score (nSPS) is 17.7. The van der Waals surface area contributed by atoms with E-state index >= 15 is 0 Å². The maximum Gasteiger partial charge on any atom is 0.326 e. The van der Waals surface area contributed by atoms with Crippen molar-refractivity contribution in [2.75, 3.05) is 124 Å². The van der Waals surface area contributed by atoms with E-state index in [0.29, 0.717) is 63.9 Å². The molecule has 2 aromatic carbocycles. The molecule has 11 N–H and O–H groups in total. The highest BCUT2D eigenvalue weighted by Gasteiger charge is 2.48. The number of aromatic nitrogens is 2. The number of carboxylic acid groups (broad SMARTS) is 5. The number of nitrogens with one attached hydrogen (secondary N) is 6. The Balaban J connectivity index is 0.926. The van der Waals surface area contributed by atoms with Crippen LogP contribution in [0.25, 0.3) is 21.8 Å². The molecule has 40 heteroatoms. The van der Waals surface area contributed by atoms with Crippen LogP contribution < -0.4 is 41.4 Å². The number of nitrogens with zero attached hydrogens (tertiary/aromatic N) is 10. The Morgan fingerprint density at radius 3 is 1.33 bits per heavy atom. The second kappa shape index (κ2) is 41.9. The first-order chi connectivity index (χ1) is 52.8. The average Bonchev–Trinajstić information content (AvgIpc) is 1.72. The van der Waals surface area contributed by atoms with Crippen LogP contribution in [0.4, 0.5) is 17.6 Å². The summed E-state index contributed by atoms with van der Waals surface area (Å²) < 4.78 is 67.8. The topological polar surface area (TPSA) is 506 Å². The minimum absolute atomic E-state index is 0.0131. The summed E-state index contributed by atoms with van der Waals surface area (Å²) in [7, 11) is 0. The molecule has 0 radical (unpaired) electrons. The number of carbonyl (C=O) groups excluding carboxylic acids is 8. The number of hydrogen-bond acceptors (Lipinski definition) is 23. The van der Waals surface area contributed by atoms with Crippen LogP contribution in [-0.4, -0.2) is 309 Å². The van der Waals surface area contributed by atoms with Crippen molar-refractivity contribution in [2.45, 2.75) is 119 Å². The van der Waals surface area contributed by atoms with Gasteiger partial charge in [0.1, 0.15) is 41.7 Å². The third-order valence-corrected chi connectivity index (χ3v) is 18.4. The van der Waals surface area contributed by atoms with Crippen molar-refractivity contribution in [2.24, 2.45) is 0 Å². The molecular weight excluding hydrogens is 1470 g/mol. The number of alkyl halides is 4. The Morgan fingerprint density at radius 2 is 0.910 bits per heavy atom. The molecule has 5 atom stereocenters. The van der Waals surface area contributed by atoms with Crippen molar-refractivity contribution in [3.8, 4) is 23.6 Å². The maximum atomic E-state index is 14.0. The summed E-state index contributed by atoms with van der Waals surface area (Å²) in [6.07, 6.45) is -0.238. The monoisotopic (exact) mass is 1560 g/mol. The van der Waals surface area contributed by atoms with Crippen LogP contribution in [0, 0.1) is 22.7 Å². The van der Waals surface area contributed by atoms with Crippen LogP contribution in [0.15, 0.2) is 60.9 Å². The van der Waals surface area contributed by atoms with E-state index in [1.165, 1.54) is 50.2 Å². The Hall–Kier alpha value is -11.5. The lowest BCUT2D eigenvalue weighted by Crippen LogP contribution is -2.52. The number of likely N-dealkylation sites (tertiary alicyclic amines) is 2. The molecule has 3 aliphatic rings. The number of halogens is 4. The molecule has 8 amide bonds. The minimum atomic E-state index is -3.26. The number of carboxylic acids is 5. The Labute approximate surface area is 632 Å². The highest BCUT2D eigenvalue weighted by atomic mass is 19.3. The number of pyridine rings is 2. The summed E-state index contributed by atoms with van der Waals surface area (Å²) in [6, 6.07) is 8.30. The van der Waals surface area contributed by atoms with Gasteiger partial charge < -0.3 is 76.7 Å². The molecule has 0 bridgehead atoms. The van der Waals surface area contributed by atoms with Crippen LogP contribution in [0.1, 0.15) is 97.8 Å². The summed E-state index contributed by atoms with van der Waals surface area (Å²) in [5, 5.41) is 83.8. The van der Waals surface area contributed by atoms with Gasteiger partial charge in [0.05, 0.1) is 93.3 Å². The summed E-state index contributed by atoms with van der Waals surface area (Å²) in [5.41, 5.74) is 0.938. The predicted molar refractivity (Wildman–Crippen MR) is 379 cm³/mol. The van der Waals surface area contributed by atoms with Gasteiger partial charge in [-0.1, -0.05) is 0 Å². The van der Waals surface area contributed by atoms with E-state index in [2.05, 4.69) is 41.9 Å². The predicted octanol–water partition coefficient (Wildman–Crippen LogP) is 0.336. The van der Waals surface area contributed by atoms with Gasteiger partial charge in [-0.3, -0.25) is 87.1 Å². The lowest BCUT2D eigenvalue weighted by molar-refractivity contribution is -0.146. The number of aliphatic carboxylic acids is 5. The van der Waals surface area contributed by atoms with Crippen LogP contribution in [-0.2, 0) is 52.7 Å². The van der Waals surface area contributed by atoms with Crippen molar-refractivity contribution < 1.29 is 115 Å². The first-order valence-corrected chi connectivity index (χ1v) is 35.7. The number of ether oxygens (including phenoxy) is 2. The fraction of sp³-hybridized carbons (Fsp3) is 0.535. The molecule has 3 fully saturated rings. The fourth-order valence-corrected chi connectivity index (χ4v) is 12.7. The summed E-state index contributed by atoms with van der Waals surface area (Å²) in [6.45, 7) is -4.33. The van der Waals surface area contributed by atoms with Gasteiger partial charge in [0.15, 0.2) is 0 Å². The number of unbranched alkanes of at least 4 members (excludes halogenated alkanes) is 2. The van der Waals surface area contributed by atoms with Gasteiger partial charge in [-0.25, -0.2) is 22.4 Å². The molecule has 0 aliphatic carbocycles. The first kappa shape index (κ1) is 86.7. The second-order valence-electron chi connectivity index (χ2n) is 26.7. The Kier molecular flexibility index (Phi) is 32.7. The van der Waals surface area contributed by atoms with E-state index < -0.39 is 203 Å². The molecule has 3 unspecified atom stereocenters. The smallest absolute Gasteiger partial charge is 0.326 e. The number of amides is 8. The zero-order chi connectivity index (χ0) is 81.0. The van der Waals surface area contributed by atoms with E-state index in [-0.39, 0.29) is 103 Å². The van der Waals surface area contributed by atoms with Crippen molar-refractivity contribution in [3.05, 3.63) is 72.1 Å². The SMILES string of the molecule is N#CC1CC(F)(F)CN1C(=O)CNC(=O)c1ccnc2ccc(OCCCCNC(=O)CC[C@H](NC(=O)CC[C@H](NC(=O)CCC(C(=O)O)N3CCN(CC(=O)O)CCN(CC(=O)O)CCN(CC(=O)O)CC3)C(=O)O)C(=O)NCCCCOc3ccc4nccc(C(=O)NCC(=O)N5CC(F)(F)CC5C#N)c4c3)cc12. The molecule has 5 heterocycles. The second-order valence-corrected chi connectivity index (χ2v) is 26.7. The quantitative estimate of drug-likeness (QED) is 0.0212. The van der Waals surface area contributed by atoms with Crippen LogP contribution in [0.5, 0.6) is 11.5 Å². The highest BCUT2D eigenvalue weighted by Crippen LogP contribution is 2.33. The number of nitriles is 2. The van der Waals surface area contributed by atoms with Gasteiger partial charge in [0, 0.05) is 121 Å². The number of fused-ring (bicyclic) bond motifs is 2. The third-order valence-electron chi connectivity index (χ3n) is 18.4. The molecule has 3 aliphatic heterocycles. The largest absolute Gasteiger partial charge is 0.494 e. The molecule has 3 saturated heterocycles. The van der Waals surface area contributed by atoms with Crippen molar-refractivity contribution in [3.63, 3.8) is 0 Å². The number of rotatable bonds is 39. The Morgan fingerprint density at radius 1 is 0.505 bits per heavy atom. The lowest BCUT2D eigenvalue weighted by atomic mass is 10.1. The van der Waals surface area contributed by atoms with Crippen LogP contribution in [0.3, 0.4) is 0 Å². The summed E-state index contributed by atoms with van der Waals surface area (Å²) in [5.74, 6) is -18.7. The number of carbonyl (C=O) groups is 13. The van der Waals surface area contributed by atoms with E-state index in [1.807, 2.05) is 0 Å². The number of hydrogen-bond donors (Lipinski definition) is 11. The molecule has 2 aromatic heterocycles. The van der Waals surface area contributed by atoms with Crippen molar-refractivity contribution >= 4 is 98.9 Å². The average molecular weight is 1560 g/mol. The molecule has 0 saturated carbocycles. The van der Waals surface area contributed by atoms with Gasteiger partial charge in [-0.15, -0.1) is 0 Å².